The number of nitrogens with one attached hydrogen (secondary N) is 1. The van der Waals surface area contributed by atoms with Crippen molar-refractivity contribution in [2.45, 2.75) is 6.54 Å². The predicted octanol–water partition coefficient (Wildman–Crippen LogP) is 3.50. The largest absolute Gasteiger partial charge is 0.463 e. The van der Waals surface area contributed by atoms with Gasteiger partial charge in [0.05, 0.1) is 17.6 Å². The molecule has 0 aliphatic carbocycles. The first kappa shape index (κ1) is 20.0. The number of aromatic nitrogens is 3. The number of oxazole rings is 1. The first-order valence-electron chi connectivity index (χ1n) is 8.68. The Hall–Kier alpha value is -3.34. The molecule has 1 N–H and O–H groups in total. The molecule has 0 unspecified atom stereocenters. The molecule has 0 radical (unpaired) electrons. The zero-order valence-electron chi connectivity index (χ0n) is 15.2. The third kappa shape index (κ3) is 3.88. The fourth-order valence-corrected chi connectivity index (χ4v) is 3.09. The van der Waals surface area contributed by atoms with Crippen LogP contribution in [0.4, 0.5) is 20.3 Å². The summed E-state index contributed by atoms with van der Waals surface area (Å²) in [5, 5.41) is 3.50. The molecule has 11 heteroatoms. The summed E-state index contributed by atoms with van der Waals surface area (Å²) in [5.74, 6) is -2.69. The van der Waals surface area contributed by atoms with Gasteiger partial charge in [0.15, 0.2) is 17.2 Å². The third-order valence-corrected chi connectivity index (χ3v) is 4.75. The summed E-state index contributed by atoms with van der Waals surface area (Å²) in [4.78, 5) is 31.8. The van der Waals surface area contributed by atoms with Crippen LogP contribution in [-0.4, -0.2) is 32.4 Å². The minimum Gasteiger partial charge on any atom is -0.463 e. The molecule has 0 aliphatic heterocycles. The monoisotopic (exact) mass is 478 g/mol. The molecule has 30 heavy (non-hydrogen) atoms. The Labute approximate surface area is 175 Å². The Bertz CT molecular complexity index is 1320. The Kier molecular flexibility index (Phi) is 5.44. The van der Waals surface area contributed by atoms with Crippen molar-refractivity contribution in [3.05, 3.63) is 58.8 Å². The standard InChI is InChI=1S/C19H13BrF2N4O4/c20-8-17(27)29-4-3-26-15-6-11-14(7-16(15)30-19(26)28)23-9-24-18(11)25-10-1-2-12(21)13(22)5-10/h1-2,5-7,9H,3-4,8H2,(H,23,24,25). The van der Waals surface area contributed by atoms with Gasteiger partial charge in [0.2, 0.25) is 0 Å². The van der Waals surface area contributed by atoms with E-state index in [-0.39, 0.29) is 18.5 Å². The molecule has 0 saturated heterocycles. The summed E-state index contributed by atoms with van der Waals surface area (Å²) in [7, 11) is 0. The van der Waals surface area contributed by atoms with Crippen molar-refractivity contribution in [1.82, 2.24) is 14.5 Å². The summed E-state index contributed by atoms with van der Waals surface area (Å²) in [6, 6.07) is 6.60. The highest BCUT2D eigenvalue weighted by Gasteiger charge is 2.14. The van der Waals surface area contributed by atoms with Crippen molar-refractivity contribution in [1.29, 1.82) is 0 Å². The molecule has 154 valence electrons. The van der Waals surface area contributed by atoms with E-state index in [0.717, 1.165) is 12.1 Å². The van der Waals surface area contributed by atoms with Crippen LogP contribution in [0.3, 0.4) is 0 Å². The summed E-state index contributed by atoms with van der Waals surface area (Å²) < 4.78 is 38.3. The minimum atomic E-state index is -0.998. The number of hydrogen-bond acceptors (Lipinski definition) is 7. The van der Waals surface area contributed by atoms with Crippen LogP contribution in [0.5, 0.6) is 0 Å². The van der Waals surface area contributed by atoms with Crippen LogP contribution in [0.25, 0.3) is 22.0 Å². The fourth-order valence-electron chi connectivity index (χ4n) is 2.92. The Balaban J connectivity index is 1.73. The molecule has 0 bridgehead atoms. The topological polar surface area (TPSA) is 99.2 Å². The number of carbonyl (C=O) groups excluding carboxylic acids is 1. The lowest BCUT2D eigenvalue weighted by molar-refractivity contribution is -0.140. The highest BCUT2D eigenvalue weighted by molar-refractivity contribution is 9.09. The van der Waals surface area contributed by atoms with Gasteiger partial charge >= 0.3 is 11.7 Å². The molecule has 2 aromatic carbocycles. The zero-order valence-corrected chi connectivity index (χ0v) is 16.8. The molecule has 0 saturated carbocycles. The maximum absolute atomic E-state index is 13.5. The van der Waals surface area contributed by atoms with Crippen LogP contribution >= 0.6 is 15.9 Å². The minimum absolute atomic E-state index is 0.0116. The number of anilines is 2. The number of hydrogen-bond donors (Lipinski definition) is 1. The number of alkyl halides is 1. The zero-order chi connectivity index (χ0) is 21.3. The molecule has 0 amide bonds. The van der Waals surface area contributed by atoms with Gasteiger partial charge in [0.25, 0.3) is 0 Å². The van der Waals surface area contributed by atoms with Crippen LogP contribution in [0.15, 0.2) is 45.9 Å². The lowest BCUT2D eigenvalue weighted by Gasteiger charge is -2.09. The van der Waals surface area contributed by atoms with Gasteiger partial charge in [0, 0.05) is 23.2 Å². The SMILES string of the molecule is O=C(CBr)OCCn1c(=O)oc2cc3ncnc(Nc4ccc(F)c(F)c4)c3cc21. The summed E-state index contributed by atoms with van der Waals surface area (Å²) >= 11 is 2.99. The maximum Gasteiger partial charge on any atom is 0.420 e. The Morgan fingerprint density at radius 2 is 2.03 bits per heavy atom. The molecular weight excluding hydrogens is 466 g/mol. The third-order valence-electron chi connectivity index (χ3n) is 4.29. The molecule has 0 spiro atoms. The van der Waals surface area contributed by atoms with Crippen LogP contribution in [0.1, 0.15) is 0 Å². The van der Waals surface area contributed by atoms with E-state index in [1.807, 2.05) is 0 Å². The fraction of sp³-hybridized carbons (Fsp3) is 0.158. The number of ether oxygens (including phenoxy) is 1. The maximum atomic E-state index is 13.5. The second-order valence-electron chi connectivity index (χ2n) is 6.19. The van der Waals surface area contributed by atoms with Crippen LogP contribution < -0.4 is 11.1 Å². The lowest BCUT2D eigenvalue weighted by atomic mass is 10.2. The molecule has 4 aromatic rings. The highest BCUT2D eigenvalue weighted by atomic mass is 79.9. The van der Waals surface area contributed by atoms with Crippen molar-refractivity contribution in [3.8, 4) is 0 Å². The summed E-state index contributed by atoms with van der Waals surface area (Å²) in [6.45, 7) is 0.0813. The van der Waals surface area contributed by atoms with Crippen molar-refractivity contribution >= 4 is 55.4 Å². The second-order valence-corrected chi connectivity index (χ2v) is 6.75. The quantitative estimate of drug-likeness (QED) is 0.334. The lowest BCUT2D eigenvalue weighted by Crippen LogP contribution is -2.19. The number of fused-ring (bicyclic) bond motifs is 2. The van der Waals surface area contributed by atoms with Crippen LogP contribution in [0, 0.1) is 11.6 Å². The van der Waals surface area contributed by atoms with E-state index in [4.69, 9.17) is 9.15 Å². The first-order valence-corrected chi connectivity index (χ1v) is 9.80. The summed E-state index contributed by atoms with van der Waals surface area (Å²) in [6.07, 6.45) is 1.30. The number of halogens is 3. The predicted molar refractivity (Wildman–Crippen MR) is 108 cm³/mol. The van der Waals surface area contributed by atoms with Crippen molar-refractivity contribution in [2.24, 2.45) is 0 Å². The number of esters is 1. The number of benzene rings is 2. The van der Waals surface area contributed by atoms with Gasteiger partial charge < -0.3 is 14.5 Å². The number of rotatable bonds is 6. The summed E-state index contributed by atoms with van der Waals surface area (Å²) in [5.41, 5.74) is 1.52. The van der Waals surface area contributed by atoms with Gasteiger partial charge in [-0.3, -0.25) is 9.36 Å². The Morgan fingerprint density at radius 1 is 1.20 bits per heavy atom. The molecule has 8 nitrogen and oxygen atoms in total. The molecule has 4 rings (SSSR count). The average molecular weight is 479 g/mol. The van der Waals surface area contributed by atoms with Crippen molar-refractivity contribution in [3.63, 3.8) is 0 Å². The Morgan fingerprint density at radius 3 is 2.80 bits per heavy atom. The van der Waals surface area contributed by atoms with Crippen molar-refractivity contribution < 1.29 is 22.7 Å². The molecule has 0 atom stereocenters. The molecule has 0 fully saturated rings. The average Bonchev–Trinajstić information content (AvgIpc) is 3.03. The molecule has 0 aliphatic rings. The van der Waals surface area contributed by atoms with Gasteiger partial charge in [-0.2, -0.15) is 0 Å². The molecular formula is C19H13BrF2N4O4. The van der Waals surface area contributed by atoms with Gasteiger partial charge in [-0.05, 0) is 18.2 Å². The molecule has 2 aromatic heterocycles. The second kappa shape index (κ2) is 8.19. The van der Waals surface area contributed by atoms with Gasteiger partial charge in [-0.1, -0.05) is 15.9 Å². The number of nitrogens with zero attached hydrogens (tertiary/aromatic N) is 3. The smallest absolute Gasteiger partial charge is 0.420 e. The van der Waals surface area contributed by atoms with Crippen molar-refractivity contribution in [2.75, 3.05) is 17.3 Å². The number of carbonyl (C=O) groups is 1. The van der Waals surface area contributed by atoms with Gasteiger partial charge in [-0.15, -0.1) is 0 Å². The van der Waals surface area contributed by atoms with E-state index in [0.29, 0.717) is 33.5 Å². The van der Waals surface area contributed by atoms with Gasteiger partial charge in [-0.25, -0.2) is 23.5 Å². The van der Waals surface area contributed by atoms with Crippen LogP contribution in [-0.2, 0) is 16.1 Å². The van der Waals surface area contributed by atoms with E-state index in [2.05, 4.69) is 31.2 Å². The van der Waals surface area contributed by atoms with E-state index in [1.165, 1.54) is 17.0 Å². The highest BCUT2D eigenvalue weighted by Crippen LogP contribution is 2.27. The van der Waals surface area contributed by atoms with E-state index >= 15 is 0 Å². The molecule has 2 heterocycles. The normalized spacial score (nSPS) is 11.2. The first-order chi connectivity index (χ1) is 14.5. The van der Waals surface area contributed by atoms with E-state index in [9.17, 15) is 18.4 Å². The van der Waals surface area contributed by atoms with Gasteiger partial charge in [0.1, 0.15) is 24.1 Å². The van der Waals surface area contributed by atoms with Crippen LogP contribution in [0.2, 0.25) is 0 Å². The van der Waals surface area contributed by atoms with E-state index in [1.54, 1.807) is 12.1 Å². The van der Waals surface area contributed by atoms with E-state index < -0.39 is 23.4 Å².